The lowest BCUT2D eigenvalue weighted by Crippen LogP contribution is -2.34. The van der Waals surface area contributed by atoms with Gasteiger partial charge in [-0.15, -0.1) is 0 Å². The second-order valence-corrected chi connectivity index (χ2v) is 6.19. The first-order valence-corrected chi connectivity index (χ1v) is 7.28. The van der Waals surface area contributed by atoms with E-state index in [1.807, 2.05) is 0 Å². The monoisotopic (exact) mass is 203 g/mol. The maximum Gasteiger partial charge on any atom is 0.118 e. The Morgan fingerprint density at radius 3 is 2.40 bits per heavy atom. The molecule has 2 bridgehead atoms. The normalized spacial score (nSPS) is 42.3. The molecule has 0 aromatic carbocycles. The fourth-order valence-electron chi connectivity index (χ4n) is 4.52. The Hall–Kier alpha value is 0.0649. The molecule has 0 spiro atoms. The van der Waals surface area contributed by atoms with Crippen LogP contribution in [0.1, 0.15) is 64.2 Å². The molecule has 0 nitrogen and oxygen atoms in total. The number of rotatable bonds is 1. The molecule has 83 valence electrons. The van der Waals surface area contributed by atoms with Gasteiger partial charge >= 0.3 is 0 Å². The number of hydrogen-bond donors (Lipinski definition) is 0. The molecule has 3 aliphatic rings. The van der Waals surface area contributed by atoms with Crippen molar-refractivity contribution in [1.29, 1.82) is 0 Å². The molecule has 0 amide bonds. The Morgan fingerprint density at radius 1 is 0.667 bits per heavy atom. The topological polar surface area (TPSA) is 0 Å². The lowest BCUT2D eigenvalue weighted by Gasteiger charge is -2.44. The highest BCUT2D eigenvalue weighted by Gasteiger charge is 2.37. The molecule has 2 aliphatic heterocycles. The van der Waals surface area contributed by atoms with E-state index in [1.165, 1.54) is 44.9 Å². The molecule has 3 rings (SSSR count). The summed E-state index contributed by atoms with van der Waals surface area (Å²) in [6.07, 6.45) is 15.3. The summed E-state index contributed by atoms with van der Waals surface area (Å²) in [5.41, 5.74) is 0. The highest BCUT2D eigenvalue weighted by Crippen LogP contribution is 2.50. The van der Waals surface area contributed by atoms with Crippen molar-refractivity contribution < 1.29 is 0 Å². The van der Waals surface area contributed by atoms with Gasteiger partial charge in [0.05, 0.1) is 0 Å². The maximum absolute atomic E-state index is 2.76. The standard InChI is InChI=1S/C14H24B/c1-2-5-11(6-3-1)13-10-9-12-7-4-8-14(13)15-12/h11-14H,1-10H2. The minimum atomic E-state index is 1.02. The minimum Gasteiger partial charge on any atom is -0.0686 e. The van der Waals surface area contributed by atoms with Crippen molar-refractivity contribution >= 4 is 7.28 Å². The summed E-state index contributed by atoms with van der Waals surface area (Å²) in [6, 6.07) is 0. The molecular formula is C14H24B. The van der Waals surface area contributed by atoms with E-state index in [2.05, 4.69) is 7.28 Å². The maximum atomic E-state index is 2.76. The summed E-state index contributed by atoms with van der Waals surface area (Å²) >= 11 is 0. The Labute approximate surface area is 95.5 Å². The summed E-state index contributed by atoms with van der Waals surface area (Å²) in [5, 5.41) is 0. The lowest BCUT2D eigenvalue weighted by molar-refractivity contribution is 0.194. The van der Waals surface area contributed by atoms with Gasteiger partial charge in [0, 0.05) is 0 Å². The van der Waals surface area contributed by atoms with Crippen LogP contribution in [0.5, 0.6) is 0 Å². The largest absolute Gasteiger partial charge is 0.118 e. The third kappa shape index (κ3) is 2.12. The van der Waals surface area contributed by atoms with Crippen LogP contribution in [0, 0.1) is 11.8 Å². The third-order valence-corrected chi connectivity index (χ3v) is 5.31. The predicted molar refractivity (Wildman–Crippen MR) is 66.4 cm³/mol. The van der Waals surface area contributed by atoms with Gasteiger partial charge in [-0.1, -0.05) is 75.8 Å². The van der Waals surface area contributed by atoms with Gasteiger partial charge in [-0.05, 0) is 11.8 Å². The van der Waals surface area contributed by atoms with E-state index in [-0.39, 0.29) is 0 Å². The van der Waals surface area contributed by atoms with Gasteiger partial charge in [0.25, 0.3) is 0 Å². The Bertz CT molecular complexity index is 203. The van der Waals surface area contributed by atoms with Crippen LogP contribution in [0.2, 0.25) is 11.6 Å². The summed E-state index contributed by atoms with van der Waals surface area (Å²) in [6.45, 7) is 0. The molecule has 1 saturated carbocycles. The van der Waals surface area contributed by atoms with Crippen LogP contribution in [-0.4, -0.2) is 7.28 Å². The first-order chi connectivity index (χ1) is 7.43. The SMILES string of the molecule is [B]1C2CCCC1C(C1CCCCC1)CC2. The molecule has 0 aromatic rings. The van der Waals surface area contributed by atoms with Gasteiger partial charge in [-0.3, -0.25) is 0 Å². The minimum absolute atomic E-state index is 1.02. The Morgan fingerprint density at radius 2 is 1.53 bits per heavy atom. The van der Waals surface area contributed by atoms with Crippen molar-refractivity contribution in [2.45, 2.75) is 75.8 Å². The van der Waals surface area contributed by atoms with Crippen LogP contribution in [-0.2, 0) is 0 Å². The van der Waals surface area contributed by atoms with Crippen molar-refractivity contribution in [3.8, 4) is 0 Å². The molecule has 0 aromatic heterocycles. The zero-order chi connectivity index (χ0) is 10.1. The van der Waals surface area contributed by atoms with Crippen LogP contribution >= 0.6 is 0 Å². The molecule has 2 heterocycles. The van der Waals surface area contributed by atoms with Crippen LogP contribution < -0.4 is 0 Å². The number of hydrogen-bond acceptors (Lipinski definition) is 0. The van der Waals surface area contributed by atoms with E-state index in [0.717, 1.165) is 23.5 Å². The molecule has 3 unspecified atom stereocenters. The molecule has 1 heteroatoms. The molecule has 3 fully saturated rings. The highest BCUT2D eigenvalue weighted by atomic mass is 14.4. The van der Waals surface area contributed by atoms with Crippen molar-refractivity contribution in [2.75, 3.05) is 0 Å². The van der Waals surface area contributed by atoms with Gasteiger partial charge in [-0.25, -0.2) is 0 Å². The van der Waals surface area contributed by atoms with Gasteiger partial charge in [0.1, 0.15) is 7.28 Å². The van der Waals surface area contributed by atoms with Crippen LogP contribution in [0.15, 0.2) is 0 Å². The second kappa shape index (κ2) is 4.51. The average Bonchev–Trinajstić information content (AvgIpc) is 2.31. The summed E-state index contributed by atoms with van der Waals surface area (Å²) in [5.74, 6) is 4.25. The zero-order valence-electron chi connectivity index (χ0n) is 9.96. The van der Waals surface area contributed by atoms with Gasteiger partial charge in [-0.2, -0.15) is 0 Å². The first kappa shape index (κ1) is 10.2. The molecule has 3 atom stereocenters. The highest BCUT2D eigenvalue weighted by molar-refractivity contribution is 6.40. The molecule has 2 saturated heterocycles. The van der Waals surface area contributed by atoms with E-state index in [4.69, 9.17) is 0 Å². The Balaban J connectivity index is 1.64. The summed E-state index contributed by atoms with van der Waals surface area (Å²) < 4.78 is 0. The molecular weight excluding hydrogens is 179 g/mol. The smallest absolute Gasteiger partial charge is 0.0686 e. The van der Waals surface area contributed by atoms with Crippen LogP contribution in [0.25, 0.3) is 0 Å². The number of fused-ring (bicyclic) bond motifs is 2. The van der Waals surface area contributed by atoms with E-state index >= 15 is 0 Å². The zero-order valence-corrected chi connectivity index (χ0v) is 9.96. The van der Waals surface area contributed by atoms with Crippen LogP contribution in [0.3, 0.4) is 0 Å². The summed E-state index contributed by atoms with van der Waals surface area (Å²) in [4.78, 5) is 0. The van der Waals surface area contributed by atoms with Crippen molar-refractivity contribution in [2.24, 2.45) is 11.8 Å². The van der Waals surface area contributed by atoms with E-state index < -0.39 is 0 Å². The van der Waals surface area contributed by atoms with Crippen molar-refractivity contribution in [3.05, 3.63) is 0 Å². The second-order valence-electron chi connectivity index (χ2n) is 6.19. The quantitative estimate of drug-likeness (QED) is 0.552. The van der Waals surface area contributed by atoms with E-state index in [9.17, 15) is 0 Å². The molecule has 0 N–H and O–H groups in total. The van der Waals surface area contributed by atoms with E-state index in [0.29, 0.717) is 0 Å². The third-order valence-electron chi connectivity index (χ3n) is 5.31. The lowest BCUT2D eigenvalue weighted by atomic mass is 9.40. The first-order valence-electron chi connectivity index (χ1n) is 7.28. The van der Waals surface area contributed by atoms with Gasteiger partial charge in [0.2, 0.25) is 0 Å². The Kier molecular flexibility index (Phi) is 3.08. The molecule has 1 aliphatic carbocycles. The van der Waals surface area contributed by atoms with Crippen molar-refractivity contribution in [1.82, 2.24) is 0 Å². The summed E-state index contributed by atoms with van der Waals surface area (Å²) in [7, 11) is 2.76. The molecule has 15 heavy (non-hydrogen) atoms. The average molecular weight is 203 g/mol. The van der Waals surface area contributed by atoms with Crippen molar-refractivity contribution in [3.63, 3.8) is 0 Å². The predicted octanol–water partition coefficient (Wildman–Crippen LogP) is 4.44. The fourth-order valence-corrected chi connectivity index (χ4v) is 4.52. The van der Waals surface area contributed by atoms with Gasteiger partial charge < -0.3 is 0 Å². The van der Waals surface area contributed by atoms with E-state index in [1.54, 1.807) is 19.3 Å². The van der Waals surface area contributed by atoms with Gasteiger partial charge in [0.15, 0.2) is 0 Å². The van der Waals surface area contributed by atoms with Crippen LogP contribution in [0.4, 0.5) is 0 Å². The molecule has 1 radical (unpaired) electrons. The fraction of sp³-hybridized carbons (Fsp3) is 1.00.